The molecule has 1 heterocycles. The molecule has 2 nitrogen and oxygen atoms in total. The number of aryl methyl sites for hydroxylation is 1. The number of fused-ring (bicyclic) bond motifs is 2. The molecule has 0 saturated heterocycles. The summed E-state index contributed by atoms with van der Waals surface area (Å²) in [5, 5.41) is 2.33. The SMILES string of the molecule is Cc1c(Cc2c(F)cccc2F)ccc2[nH]c(-c3ccc4ccccc4c3)nc12. The van der Waals surface area contributed by atoms with E-state index in [1.54, 1.807) is 0 Å². The Hall–Kier alpha value is -3.53. The fraction of sp³-hybridized carbons (Fsp3) is 0.0800. The molecule has 5 rings (SSSR count). The molecule has 0 bridgehead atoms. The Labute approximate surface area is 166 Å². The van der Waals surface area contributed by atoms with Crippen LogP contribution in [0.25, 0.3) is 33.2 Å². The highest BCUT2D eigenvalue weighted by atomic mass is 19.1. The van der Waals surface area contributed by atoms with Crippen LogP contribution in [0.5, 0.6) is 0 Å². The quantitative estimate of drug-likeness (QED) is 0.375. The van der Waals surface area contributed by atoms with Crippen molar-refractivity contribution in [3.8, 4) is 11.4 Å². The lowest BCUT2D eigenvalue weighted by Crippen LogP contribution is -1.99. The molecule has 142 valence electrons. The van der Waals surface area contributed by atoms with Crippen molar-refractivity contribution in [2.45, 2.75) is 13.3 Å². The summed E-state index contributed by atoms with van der Waals surface area (Å²) in [4.78, 5) is 8.17. The van der Waals surface area contributed by atoms with E-state index < -0.39 is 11.6 Å². The van der Waals surface area contributed by atoms with Crippen molar-refractivity contribution in [1.82, 2.24) is 9.97 Å². The highest BCUT2D eigenvalue weighted by molar-refractivity contribution is 5.88. The smallest absolute Gasteiger partial charge is 0.138 e. The number of rotatable bonds is 3. The molecule has 1 N–H and O–H groups in total. The van der Waals surface area contributed by atoms with Gasteiger partial charge in [0, 0.05) is 17.5 Å². The minimum absolute atomic E-state index is 0.0836. The Morgan fingerprint density at radius 3 is 2.38 bits per heavy atom. The summed E-state index contributed by atoms with van der Waals surface area (Å²) in [5.74, 6) is -0.269. The zero-order chi connectivity index (χ0) is 20.0. The molecule has 0 amide bonds. The van der Waals surface area contributed by atoms with Gasteiger partial charge in [-0.2, -0.15) is 0 Å². The number of imidazole rings is 1. The zero-order valence-corrected chi connectivity index (χ0v) is 15.8. The molecule has 0 fully saturated rings. The lowest BCUT2D eigenvalue weighted by atomic mass is 9.99. The van der Waals surface area contributed by atoms with Crippen LogP contribution in [-0.4, -0.2) is 9.97 Å². The van der Waals surface area contributed by atoms with E-state index in [9.17, 15) is 8.78 Å². The summed E-state index contributed by atoms with van der Waals surface area (Å²) in [6.07, 6.45) is 0.193. The average Bonchev–Trinajstić information content (AvgIpc) is 3.17. The van der Waals surface area contributed by atoms with Crippen molar-refractivity contribution in [3.63, 3.8) is 0 Å². The molecule has 4 aromatic carbocycles. The first kappa shape index (κ1) is 17.6. The molecule has 0 unspecified atom stereocenters. The van der Waals surface area contributed by atoms with Gasteiger partial charge in [-0.15, -0.1) is 0 Å². The van der Waals surface area contributed by atoms with E-state index in [1.807, 2.05) is 37.3 Å². The molecule has 0 aliphatic rings. The first-order valence-electron chi connectivity index (χ1n) is 9.50. The Balaban J connectivity index is 1.57. The first-order valence-corrected chi connectivity index (χ1v) is 9.50. The summed E-state index contributed by atoms with van der Waals surface area (Å²) in [6.45, 7) is 1.95. The second-order valence-corrected chi connectivity index (χ2v) is 7.27. The molecule has 29 heavy (non-hydrogen) atoms. The van der Waals surface area contributed by atoms with Crippen molar-refractivity contribution < 1.29 is 8.78 Å². The fourth-order valence-corrected chi connectivity index (χ4v) is 3.81. The van der Waals surface area contributed by atoms with Crippen LogP contribution < -0.4 is 0 Å². The van der Waals surface area contributed by atoms with E-state index in [1.165, 1.54) is 23.6 Å². The van der Waals surface area contributed by atoms with Gasteiger partial charge in [0.1, 0.15) is 17.5 Å². The Morgan fingerprint density at radius 2 is 1.59 bits per heavy atom. The minimum Gasteiger partial charge on any atom is -0.338 e. The summed E-state index contributed by atoms with van der Waals surface area (Å²) >= 11 is 0. The van der Waals surface area contributed by atoms with Crippen LogP contribution in [0.15, 0.2) is 72.8 Å². The summed E-state index contributed by atoms with van der Waals surface area (Å²) in [5.41, 5.74) is 4.60. The number of aromatic amines is 1. The molecule has 0 aliphatic carbocycles. The monoisotopic (exact) mass is 384 g/mol. The van der Waals surface area contributed by atoms with Crippen molar-refractivity contribution in [1.29, 1.82) is 0 Å². The highest BCUT2D eigenvalue weighted by Crippen LogP contribution is 2.28. The number of nitrogens with one attached hydrogen (secondary N) is 1. The molecule has 5 aromatic rings. The highest BCUT2D eigenvalue weighted by Gasteiger charge is 2.14. The van der Waals surface area contributed by atoms with Gasteiger partial charge in [0.2, 0.25) is 0 Å². The van der Waals surface area contributed by atoms with Crippen molar-refractivity contribution in [3.05, 3.63) is 101 Å². The van der Waals surface area contributed by atoms with E-state index in [0.717, 1.165) is 38.9 Å². The van der Waals surface area contributed by atoms with Crippen LogP contribution in [0.4, 0.5) is 8.78 Å². The van der Waals surface area contributed by atoms with Crippen LogP contribution in [0.1, 0.15) is 16.7 Å². The number of halogens is 2. The van der Waals surface area contributed by atoms with Gasteiger partial charge in [0.05, 0.1) is 11.0 Å². The van der Waals surface area contributed by atoms with Crippen molar-refractivity contribution in [2.24, 2.45) is 0 Å². The third-order valence-electron chi connectivity index (χ3n) is 5.47. The average molecular weight is 384 g/mol. The molecule has 0 radical (unpaired) electrons. The topological polar surface area (TPSA) is 28.7 Å². The maximum atomic E-state index is 14.1. The molecule has 4 heteroatoms. The van der Waals surface area contributed by atoms with Gasteiger partial charge in [-0.25, -0.2) is 13.8 Å². The lowest BCUT2D eigenvalue weighted by molar-refractivity contribution is 0.561. The van der Waals surface area contributed by atoms with Crippen LogP contribution in [-0.2, 0) is 6.42 Å². The predicted molar refractivity (Wildman–Crippen MR) is 113 cm³/mol. The van der Waals surface area contributed by atoms with Gasteiger partial charge >= 0.3 is 0 Å². The number of aromatic nitrogens is 2. The Morgan fingerprint density at radius 1 is 0.828 bits per heavy atom. The molecule has 0 aliphatic heterocycles. The minimum atomic E-state index is -0.525. The second-order valence-electron chi connectivity index (χ2n) is 7.27. The standard InChI is InChI=1S/C25H18F2N2/c1-15-17(14-20-21(26)7-4-8-22(20)27)11-12-23-24(15)29-25(28-23)19-10-9-16-5-2-3-6-18(16)13-19/h2-13H,14H2,1H3,(H,28,29). The molecule has 1 aromatic heterocycles. The lowest BCUT2D eigenvalue weighted by Gasteiger charge is -2.08. The zero-order valence-electron chi connectivity index (χ0n) is 15.8. The van der Waals surface area contributed by atoms with Crippen molar-refractivity contribution in [2.75, 3.05) is 0 Å². The van der Waals surface area contributed by atoms with Gasteiger partial charge in [0.25, 0.3) is 0 Å². The van der Waals surface area contributed by atoms with E-state index in [4.69, 9.17) is 4.98 Å². The Bertz CT molecular complexity index is 1350. The number of benzene rings is 4. The third kappa shape index (κ3) is 3.07. The molecular formula is C25H18F2N2. The normalized spacial score (nSPS) is 11.4. The maximum Gasteiger partial charge on any atom is 0.138 e. The Kier molecular flexibility index (Phi) is 4.13. The number of nitrogens with zero attached hydrogens (tertiary/aromatic N) is 1. The van der Waals surface area contributed by atoms with Crippen LogP contribution in [0, 0.1) is 18.6 Å². The van der Waals surface area contributed by atoms with Gasteiger partial charge in [-0.05, 0) is 53.1 Å². The van der Waals surface area contributed by atoms with Gasteiger partial charge in [0.15, 0.2) is 0 Å². The molecule has 0 atom stereocenters. The summed E-state index contributed by atoms with van der Waals surface area (Å²) in [6, 6.07) is 22.2. The summed E-state index contributed by atoms with van der Waals surface area (Å²) in [7, 11) is 0. The van der Waals surface area contributed by atoms with Crippen molar-refractivity contribution >= 4 is 21.8 Å². The van der Waals surface area contributed by atoms with E-state index in [2.05, 4.69) is 29.2 Å². The van der Waals surface area contributed by atoms with E-state index in [0.29, 0.717) is 0 Å². The molecular weight excluding hydrogens is 366 g/mol. The maximum absolute atomic E-state index is 14.1. The molecule has 0 saturated carbocycles. The summed E-state index contributed by atoms with van der Waals surface area (Å²) < 4.78 is 28.1. The first-order chi connectivity index (χ1) is 14.1. The van der Waals surface area contributed by atoms with Gasteiger partial charge < -0.3 is 4.98 Å². The van der Waals surface area contributed by atoms with E-state index in [-0.39, 0.29) is 12.0 Å². The third-order valence-corrected chi connectivity index (χ3v) is 5.47. The second kappa shape index (κ2) is 6.82. The number of H-pyrrole nitrogens is 1. The number of hydrogen-bond acceptors (Lipinski definition) is 1. The van der Waals surface area contributed by atoms with Gasteiger partial charge in [-0.1, -0.05) is 48.5 Å². The van der Waals surface area contributed by atoms with Crippen LogP contribution in [0.2, 0.25) is 0 Å². The van der Waals surface area contributed by atoms with E-state index >= 15 is 0 Å². The van der Waals surface area contributed by atoms with Crippen LogP contribution in [0.3, 0.4) is 0 Å². The van der Waals surface area contributed by atoms with Gasteiger partial charge in [-0.3, -0.25) is 0 Å². The predicted octanol–water partition coefficient (Wildman–Crippen LogP) is 6.56. The number of hydrogen-bond donors (Lipinski definition) is 1. The molecule has 0 spiro atoms. The fourth-order valence-electron chi connectivity index (χ4n) is 3.81. The van der Waals surface area contributed by atoms with Crippen LogP contribution >= 0.6 is 0 Å². The largest absolute Gasteiger partial charge is 0.338 e.